The van der Waals surface area contributed by atoms with Crippen LogP contribution in [0.5, 0.6) is 5.75 Å². The highest BCUT2D eigenvalue weighted by molar-refractivity contribution is 5.91. The second-order valence-corrected chi connectivity index (χ2v) is 10.9. The third-order valence-electron chi connectivity index (χ3n) is 7.15. The lowest BCUT2D eigenvalue weighted by Crippen LogP contribution is -2.54. The number of halogens is 2. The number of phenolic OH excluding ortho intramolecular Hbond substituents is 1. The van der Waals surface area contributed by atoms with E-state index in [0.29, 0.717) is 5.69 Å². The zero-order valence-electron chi connectivity index (χ0n) is 22.5. The van der Waals surface area contributed by atoms with E-state index in [1.54, 1.807) is 24.0 Å². The molecule has 5 rings (SSSR count). The van der Waals surface area contributed by atoms with Gasteiger partial charge in [-0.2, -0.15) is 4.98 Å². The fourth-order valence-electron chi connectivity index (χ4n) is 5.21. The van der Waals surface area contributed by atoms with E-state index < -0.39 is 45.8 Å². The maximum Gasteiger partial charge on any atom is 0.407 e. The zero-order valence-corrected chi connectivity index (χ0v) is 22.5. The SMILES string of the molecule is CC1CN(C(=O)O)CCN1c1nc(=O)n(-c2ccccc2C(C)(C)C)c2nc(-c3c(O)cccc3F)c(F)cc12. The van der Waals surface area contributed by atoms with E-state index in [2.05, 4.69) is 9.97 Å². The molecule has 3 heterocycles. The van der Waals surface area contributed by atoms with Crippen molar-refractivity contribution in [1.82, 2.24) is 19.4 Å². The summed E-state index contributed by atoms with van der Waals surface area (Å²) in [6.45, 7) is 8.29. The first-order valence-corrected chi connectivity index (χ1v) is 12.8. The number of rotatable bonds is 3. The summed E-state index contributed by atoms with van der Waals surface area (Å²) < 4.78 is 31.9. The van der Waals surface area contributed by atoms with Gasteiger partial charge in [-0.15, -0.1) is 0 Å². The van der Waals surface area contributed by atoms with Crippen LogP contribution in [0.25, 0.3) is 28.0 Å². The summed E-state index contributed by atoms with van der Waals surface area (Å²) in [4.78, 5) is 37.2. The molecule has 0 saturated carbocycles. The van der Waals surface area contributed by atoms with Gasteiger partial charge < -0.3 is 20.0 Å². The molecule has 4 aromatic rings. The van der Waals surface area contributed by atoms with Crippen molar-refractivity contribution in [2.24, 2.45) is 0 Å². The number of carboxylic acid groups (broad SMARTS) is 1. The highest BCUT2D eigenvalue weighted by atomic mass is 19.1. The van der Waals surface area contributed by atoms with Crippen LogP contribution in [-0.4, -0.2) is 61.4 Å². The lowest BCUT2D eigenvalue weighted by atomic mass is 9.85. The number of para-hydroxylation sites is 1. The standard InChI is InChI=1S/C29H29F2N5O4/c1-16-15-34(28(39)40)12-13-35(16)25-17-14-20(31)24(23-19(30)9-7-11-22(23)37)32-26(17)36(27(38)33-25)21-10-6-5-8-18(21)29(2,3)4/h5-11,14,16,37H,12-13,15H2,1-4H3,(H,39,40). The van der Waals surface area contributed by atoms with Crippen molar-refractivity contribution in [3.8, 4) is 22.7 Å². The van der Waals surface area contributed by atoms with Crippen LogP contribution in [0.3, 0.4) is 0 Å². The third-order valence-corrected chi connectivity index (χ3v) is 7.15. The number of aromatic hydroxyl groups is 1. The number of piperazine rings is 1. The van der Waals surface area contributed by atoms with Gasteiger partial charge in [-0.3, -0.25) is 0 Å². The normalized spacial score (nSPS) is 16.0. The molecule has 1 saturated heterocycles. The fourth-order valence-corrected chi connectivity index (χ4v) is 5.21. The quantitative estimate of drug-likeness (QED) is 0.373. The van der Waals surface area contributed by atoms with Crippen LogP contribution >= 0.6 is 0 Å². The second-order valence-electron chi connectivity index (χ2n) is 10.9. The first-order valence-electron chi connectivity index (χ1n) is 12.8. The first-order chi connectivity index (χ1) is 18.9. The predicted octanol–water partition coefficient (Wildman–Crippen LogP) is 4.92. The second kappa shape index (κ2) is 9.89. The van der Waals surface area contributed by atoms with Crippen molar-refractivity contribution in [2.45, 2.75) is 39.2 Å². The van der Waals surface area contributed by atoms with Gasteiger partial charge in [0.05, 0.1) is 16.6 Å². The maximum atomic E-state index is 15.7. The Morgan fingerprint density at radius 1 is 1.02 bits per heavy atom. The van der Waals surface area contributed by atoms with Gasteiger partial charge in [-0.25, -0.2) is 27.9 Å². The van der Waals surface area contributed by atoms with Crippen molar-refractivity contribution in [3.05, 3.63) is 76.2 Å². The van der Waals surface area contributed by atoms with Gasteiger partial charge >= 0.3 is 11.8 Å². The number of benzene rings is 2. The van der Waals surface area contributed by atoms with Crippen LogP contribution in [0.1, 0.15) is 33.3 Å². The van der Waals surface area contributed by atoms with Crippen molar-refractivity contribution in [1.29, 1.82) is 0 Å². The minimum atomic E-state index is -1.06. The molecule has 1 amide bonds. The van der Waals surface area contributed by atoms with E-state index in [9.17, 15) is 24.2 Å². The summed E-state index contributed by atoms with van der Waals surface area (Å²) in [6, 6.07) is 11.6. The summed E-state index contributed by atoms with van der Waals surface area (Å²) in [5.41, 5.74) is -0.644. The third kappa shape index (κ3) is 4.61. The number of hydrogen-bond donors (Lipinski definition) is 2. The number of aromatic nitrogens is 3. The number of carbonyl (C=O) groups is 1. The molecule has 11 heteroatoms. The molecular formula is C29H29F2N5O4. The van der Waals surface area contributed by atoms with Gasteiger partial charge in [0, 0.05) is 25.7 Å². The Morgan fingerprint density at radius 2 is 1.75 bits per heavy atom. The highest BCUT2D eigenvalue weighted by Crippen LogP contribution is 2.37. The van der Waals surface area contributed by atoms with Gasteiger partial charge in [-0.05, 0) is 42.2 Å². The lowest BCUT2D eigenvalue weighted by molar-refractivity contribution is 0.136. The molecule has 2 aromatic heterocycles. The minimum Gasteiger partial charge on any atom is -0.507 e. The van der Waals surface area contributed by atoms with Gasteiger partial charge in [0.25, 0.3) is 0 Å². The Hall–Kier alpha value is -4.54. The van der Waals surface area contributed by atoms with Gasteiger partial charge in [0.2, 0.25) is 0 Å². The molecule has 0 aliphatic carbocycles. The van der Waals surface area contributed by atoms with Gasteiger partial charge in [0.1, 0.15) is 23.1 Å². The summed E-state index contributed by atoms with van der Waals surface area (Å²) in [5.74, 6) is -2.13. The van der Waals surface area contributed by atoms with Crippen LogP contribution < -0.4 is 10.6 Å². The van der Waals surface area contributed by atoms with E-state index in [4.69, 9.17) is 0 Å². The van der Waals surface area contributed by atoms with Crippen LogP contribution in [0, 0.1) is 11.6 Å². The molecule has 1 atom stereocenters. The smallest absolute Gasteiger partial charge is 0.407 e. The van der Waals surface area contributed by atoms with Crippen molar-refractivity contribution < 1.29 is 23.8 Å². The number of hydrogen-bond acceptors (Lipinski definition) is 6. The fraction of sp³-hybridized carbons (Fsp3) is 0.310. The monoisotopic (exact) mass is 549 g/mol. The number of anilines is 1. The maximum absolute atomic E-state index is 15.7. The molecule has 2 N–H and O–H groups in total. The van der Waals surface area contributed by atoms with E-state index in [1.165, 1.54) is 21.6 Å². The Kier molecular flexibility index (Phi) is 6.69. The molecule has 2 aromatic carbocycles. The Morgan fingerprint density at radius 3 is 2.40 bits per heavy atom. The lowest BCUT2D eigenvalue weighted by Gasteiger charge is -2.39. The number of pyridine rings is 1. The number of phenols is 1. The van der Waals surface area contributed by atoms with Crippen LogP contribution in [-0.2, 0) is 5.41 Å². The van der Waals surface area contributed by atoms with Crippen molar-refractivity contribution in [2.75, 3.05) is 24.5 Å². The highest BCUT2D eigenvalue weighted by Gasteiger charge is 2.31. The van der Waals surface area contributed by atoms with Gasteiger partial charge in [-0.1, -0.05) is 45.0 Å². The summed E-state index contributed by atoms with van der Waals surface area (Å²) >= 11 is 0. The summed E-state index contributed by atoms with van der Waals surface area (Å²) in [7, 11) is 0. The molecule has 1 aliphatic rings. The topological polar surface area (TPSA) is 112 Å². The number of amides is 1. The molecule has 9 nitrogen and oxygen atoms in total. The first kappa shape index (κ1) is 27.0. The molecule has 0 spiro atoms. The largest absolute Gasteiger partial charge is 0.507 e. The predicted molar refractivity (Wildman–Crippen MR) is 147 cm³/mol. The van der Waals surface area contributed by atoms with Gasteiger partial charge in [0.15, 0.2) is 11.5 Å². The Bertz CT molecular complexity index is 1680. The molecule has 208 valence electrons. The van der Waals surface area contributed by atoms with Crippen molar-refractivity contribution >= 4 is 22.9 Å². The van der Waals surface area contributed by atoms with E-state index >= 15 is 4.39 Å². The minimum absolute atomic E-state index is 0.0265. The molecule has 1 aliphatic heterocycles. The number of fused-ring (bicyclic) bond motifs is 1. The van der Waals surface area contributed by atoms with E-state index in [1.807, 2.05) is 32.9 Å². The Balaban J connectivity index is 1.84. The molecular weight excluding hydrogens is 520 g/mol. The molecule has 1 unspecified atom stereocenters. The van der Waals surface area contributed by atoms with E-state index in [-0.39, 0.29) is 42.5 Å². The molecule has 0 bridgehead atoms. The zero-order chi connectivity index (χ0) is 28.9. The number of nitrogens with zero attached hydrogens (tertiary/aromatic N) is 5. The molecule has 0 radical (unpaired) electrons. The average molecular weight is 550 g/mol. The summed E-state index contributed by atoms with van der Waals surface area (Å²) in [5, 5.41) is 20.0. The average Bonchev–Trinajstić information content (AvgIpc) is 2.88. The summed E-state index contributed by atoms with van der Waals surface area (Å²) in [6.07, 6.45) is -1.06. The van der Waals surface area contributed by atoms with Crippen LogP contribution in [0.15, 0.2) is 53.3 Å². The van der Waals surface area contributed by atoms with Crippen molar-refractivity contribution in [3.63, 3.8) is 0 Å². The Labute approximate surface area is 229 Å². The molecule has 40 heavy (non-hydrogen) atoms. The van der Waals surface area contributed by atoms with Crippen LogP contribution in [0.2, 0.25) is 0 Å². The molecule has 1 fully saturated rings. The van der Waals surface area contributed by atoms with E-state index in [0.717, 1.165) is 17.7 Å². The van der Waals surface area contributed by atoms with Crippen LogP contribution in [0.4, 0.5) is 19.4 Å².